The fraction of sp³-hybridized carbons (Fsp3) is 0.917. The molecule has 2 fully saturated rings. The highest BCUT2D eigenvalue weighted by molar-refractivity contribution is 5.76. The zero-order valence-electron chi connectivity index (χ0n) is 9.96. The molecule has 4 nitrogen and oxygen atoms in total. The maximum absolute atomic E-state index is 11.5. The number of hydrogen-bond donors (Lipinski definition) is 1. The summed E-state index contributed by atoms with van der Waals surface area (Å²) in [4.78, 5) is 11.5. The second kappa shape index (κ2) is 5.15. The van der Waals surface area contributed by atoms with E-state index in [4.69, 9.17) is 9.47 Å². The molecule has 0 bridgehead atoms. The van der Waals surface area contributed by atoms with E-state index in [1.54, 1.807) is 0 Å². The highest BCUT2D eigenvalue weighted by Crippen LogP contribution is 2.39. The molecule has 16 heavy (non-hydrogen) atoms. The minimum absolute atomic E-state index is 0.155. The van der Waals surface area contributed by atoms with E-state index in [2.05, 4.69) is 5.32 Å². The summed E-state index contributed by atoms with van der Waals surface area (Å²) in [5.74, 6) is 0.219. The Balaban J connectivity index is 1.84. The van der Waals surface area contributed by atoms with Crippen LogP contribution in [0.2, 0.25) is 0 Å². The van der Waals surface area contributed by atoms with E-state index in [1.807, 2.05) is 6.92 Å². The molecule has 1 N–H and O–H groups in total. The van der Waals surface area contributed by atoms with E-state index in [0.717, 1.165) is 25.7 Å². The lowest BCUT2D eigenvalue weighted by molar-refractivity contribution is -0.187. The Morgan fingerprint density at radius 3 is 2.88 bits per heavy atom. The number of rotatable bonds is 3. The standard InChI is InChI=1S/C12H21NO3/c1-2-13-11(14)8-10-4-3-5-12(9-10)15-6-7-16-12/h10H,2-9H2,1H3,(H,13,14). The maximum atomic E-state index is 11.5. The highest BCUT2D eigenvalue weighted by Gasteiger charge is 2.41. The summed E-state index contributed by atoms with van der Waals surface area (Å²) in [5.41, 5.74) is 0. The molecule has 0 aromatic heterocycles. The fourth-order valence-corrected chi connectivity index (χ4v) is 2.77. The number of nitrogens with one attached hydrogen (secondary N) is 1. The van der Waals surface area contributed by atoms with Crippen molar-refractivity contribution >= 4 is 5.91 Å². The van der Waals surface area contributed by atoms with Crippen LogP contribution in [0.4, 0.5) is 0 Å². The van der Waals surface area contributed by atoms with Crippen LogP contribution < -0.4 is 5.32 Å². The van der Waals surface area contributed by atoms with Crippen LogP contribution in [0.5, 0.6) is 0 Å². The molecule has 1 aliphatic heterocycles. The zero-order chi connectivity index (χ0) is 11.4. The molecule has 4 heteroatoms. The van der Waals surface area contributed by atoms with Crippen LogP contribution in [0.1, 0.15) is 39.0 Å². The van der Waals surface area contributed by atoms with Gasteiger partial charge in [0.15, 0.2) is 5.79 Å². The average molecular weight is 227 g/mol. The molecule has 1 heterocycles. The van der Waals surface area contributed by atoms with Crippen LogP contribution in [0.3, 0.4) is 0 Å². The Morgan fingerprint density at radius 2 is 2.19 bits per heavy atom. The number of carbonyl (C=O) groups excluding carboxylic acids is 1. The first-order valence-electron chi connectivity index (χ1n) is 6.29. The monoisotopic (exact) mass is 227 g/mol. The quantitative estimate of drug-likeness (QED) is 0.793. The van der Waals surface area contributed by atoms with Gasteiger partial charge in [-0.2, -0.15) is 0 Å². The van der Waals surface area contributed by atoms with E-state index in [0.29, 0.717) is 32.1 Å². The van der Waals surface area contributed by atoms with Gasteiger partial charge in [0, 0.05) is 25.8 Å². The van der Waals surface area contributed by atoms with Crippen molar-refractivity contribution in [1.29, 1.82) is 0 Å². The molecule has 1 spiro atoms. The normalized spacial score (nSPS) is 28.2. The number of ether oxygens (including phenoxy) is 2. The van der Waals surface area contributed by atoms with Gasteiger partial charge in [0.05, 0.1) is 13.2 Å². The first-order chi connectivity index (χ1) is 7.74. The van der Waals surface area contributed by atoms with Gasteiger partial charge in [-0.05, 0) is 25.7 Å². The molecule has 1 saturated carbocycles. The SMILES string of the molecule is CCNC(=O)CC1CCCC2(C1)OCCO2. The molecule has 92 valence electrons. The summed E-state index contributed by atoms with van der Waals surface area (Å²) in [6.07, 6.45) is 4.70. The lowest BCUT2D eigenvalue weighted by atomic mass is 9.82. The van der Waals surface area contributed by atoms with Gasteiger partial charge in [-0.25, -0.2) is 0 Å². The lowest BCUT2D eigenvalue weighted by Crippen LogP contribution is -2.38. The molecule has 0 aromatic rings. The predicted octanol–water partition coefficient (Wildman–Crippen LogP) is 1.45. The van der Waals surface area contributed by atoms with Crippen molar-refractivity contribution in [3.05, 3.63) is 0 Å². The summed E-state index contributed by atoms with van der Waals surface area (Å²) in [5, 5.41) is 2.85. The van der Waals surface area contributed by atoms with Crippen LogP contribution >= 0.6 is 0 Å². The van der Waals surface area contributed by atoms with Gasteiger partial charge in [0.25, 0.3) is 0 Å². The minimum atomic E-state index is -0.352. The maximum Gasteiger partial charge on any atom is 0.220 e. The van der Waals surface area contributed by atoms with E-state index in [1.165, 1.54) is 0 Å². The van der Waals surface area contributed by atoms with E-state index in [-0.39, 0.29) is 11.7 Å². The van der Waals surface area contributed by atoms with Crippen LogP contribution in [0, 0.1) is 5.92 Å². The van der Waals surface area contributed by atoms with Crippen molar-refractivity contribution < 1.29 is 14.3 Å². The summed E-state index contributed by atoms with van der Waals surface area (Å²) in [6.45, 7) is 4.06. The Labute approximate surface area is 96.7 Å². The Bertz CT molecular complexity index is 249. The van der Waals surface area contributed by atoms with Crippen molar-refractivity contribution in [2.45, 2.75) is 44.8 Å². The Morgan fingerprint density at radius 1 is 1.44 bits per heavy atom. The molecule has 0 aromatic carbocycles. The smallest absolute Gasteiger partial charge is 0.220 e. The average Bonchev–Trinajstić information content (AvgIpc) is 2.66. The second-order valence-electron chi connectivity index (χ2n) is 4.73. The highest BCUT2D eigenvalue weighted by atomic mass is 16.7. The topological polar surface area (TPSA) is 47.6 Å². The summed E-state index contributed by atoms with van der Waals surface area (Å²) < 4.78 is 11.4. The molecule has 1 saturated heterocycles. The van der Waals surface area contributed by atoms with Crippen LogP contribution in [0.15, 0.2) is 0 Å². The van der Waals surface area contributed by atoms with Crippen molar-refractivity contribution in [3.63, 3.8) is 0 Å². The van der Waals surface area contributed by atoms with Crippen LogP contribution in [0.25, 0.3) is 0 Å². The first kappa shape index (κ1) is 11.9. The van der Waals surface area contributed by atoms with Crippen molar-refractivity contribution in [3.8, 4) is 0 Å². The lowest BCUT2D eigenvalue weighted by Gasteiger charge is -2.35. The summed E-state index contributed by atoms with van der Waals surface area (Å²) in [6, 6.07) is 0. The number of carbonyl (C=O) groups is 1. The molecular weight excluding hydrogens is 206 g/mol. The molecule has 1 amide bonds. The van der Waals surface area contributed by atoms with Gasteiger partial charge in [0.1, 0.15) is 0 Å². The third-order valence-corrected chi connectivity index (χ3v) is 3.43. The van der Waals surface area contributed by atoms with Gasteiger partial charge >= 0.3 is 0 Å². The van der Waals surface area contributed by atoms with Gasteiger partial charge in [-0.1, -0.05) is 0 Å². The molecule has 1 atom stereocenters. The van der Waals surface area contributed by atoms with Crippen LogP contribution in [-0.4, -0.2) is 31.5 Å². The summed E-state index contributed by atoms with van der Waals surface area (Å²) >= 11 is 0. The molecule has 1 unspecified atom stereocenters. The van der Waals surface area contributed by atoms with Gasteiger partial charge in [0.2, 0.25) is 5.91 Å². The molecular formula is C12H21NO3. The zero-order valence-corrected chi connectivity index (χ0v) is 9.96. The fourth-order valence-electron chi connectivity index (χ4n) is 2.77. The number of amides is 1. The Hall–Kier alpha value is -0.610. The van der Waals surface area contributed by atoms with Crippen molar-refractivity contribution in [2.75, 3.05) is 19.8 Å². The third kappa shape index (κ3) is 2.74. The minimum Gasteiger partial charge on any atom is -0.356 e. The van der Waals surface area contributed by atoms with E-state index in [9.17, 15) is 4.79 Å². The van der Waals surface area contributed by atoms with Gasteiger partial charge in [-0.15, -0.1) is 0 Å². The Kier molecular flexibility index (Phi) is 3.82. The van der Waals surface area contributed by atoms with Crippen molar-refractivity contribution in [2.24, 2.45) is 5.92 Å². The molecule has 2 rings (SSSR count). The predicted molar refractivity (Wildman–Crippen MR) is 59.9 cm³/mol. The molecule has 0 radical (unpaired) electrons. The van der Waals surface area contributed by atoms with E-state index >= 15 is 0 Å². The largest absolute Gasteiger partial charge is 0.356 e. The van der Waals surface area contributed by atoms with E-state index < -0.39 is 0 Å². The number of hydrogen-bond acceptors (Lipinski definition) is 3. The molecule has 2 aliphatic rings. The summed E-state index contributed by atoms with van der Waals surface area (Å²) in [7, 11) is 0. The second-order valence-corrected chi connectivity index (χ2v) is 4.73. The van der Waals surface area contributed by atoms with Crippen molar-refractivity contribution in [1.82, 2.24) is 5.32 Å². The molecule has 1 aliphatic carbocycles. The van der Waals surface area contributed by atoms with Gasteiger partial charge in [-0.3, -0.25) is 4.79 Å². The van der Waals surface area contributed by atoms with Crippen LogP contribution in [-0.2, 0) is 14.3 Å². The first-order valence-corrected chi connectivity index (χ1v) is 6.29. The van der Waals surface area contributed by atoms with Gasteiger partial charge < -0.3 is 14.8 Å². The third-order valence-electron chi connectivity index (χ3n) is 3.43.